The van der Waals surface area contributed by atoms with Crippen LogP contribution in [0.5, 0.6) is 11.5 Å². The van der Waals surface area contributed by atoms with Gasteiger partial charge in [-0.15, -0.1) is 0 Å². The largest absolute Gasteiger partial charge is 0.497 e. The summed E-state index contributed by atoms with van der Waals surface area (Å²) in [5.74, 6) is 0.113. The summed E-state index contributed by atoms with van der Waals surface area (Å²) in [6.07, 6.45) is 1.79. The molecule has 0 radical (unpaired) electrons. The molecule has 0 unspecified atom stereocenters. The number of hydrogen-bond acceptors (Lipinski definition) is 8. The molecule has 0 fully saturated rings. The molecule has 9 heteroatoms. The monoisotopic (exact) mass is 492 g/mol. The third-order valence-corrected chi connectivity index (χ3v) is 6.37. The summed E-state index contributed by atoms with van der Waals surface area (Å²) in [5, 5.41) is 0. The van der Waals surface area contributed by atoms with Crippen molar-refractivity contribution in [1.29, 1.82) is 0 Å². The zero-order valence-electron chi connectivity index (χ0n) is 19.7. The smallest absolute Gasteiger partial charge is 0.338 e. The van der Waals surface area contributed by atoms with Gasteiger partial charge in [0.25, 0.3) is 5.56 Å². The average Bonchev–Trinajstić information content (AvgIpc) is 3.13. The second kappa shape index (κ2) is 10.1. The molecule has 0 saturated carbocycles. The SMILES string of the molecule is CCOC(=O)C1=C(C)N=c2s/c(=C/c3ccc(OC)cc3)c(=O)n2[C@@H]1c1ccc(OC(C)=O)cc1. The van der Waals surface area contributed by atoms with E-state index < -0.39 is 18.0 Å². The summed E-state index contributed by atoms with van der Waals surface area (Å²) in [6.45, 7) is 4.96. The molecule has 0 N–H and O–H groups in total. The topological polar surface area (TPSA) is 96.2 Å². The Morgan fingerprint density at radius 3 is 2.34 bits per heavy atom. The first-order valence-corrected chi connectivity index (χ1v) is 11.8. The highest BCUT2D eigenvalue weighted by atomic mass is 32.1. The fourth-order valence-corrected chi connectivity index (χ4v) is 4.89. The van der Waals surface area contributed by atoms with Crippen molar-refractivity contribution in [3.8, 4) is 11.5 Å². The molecule has 2 heterocycles. The number of methoxy groups -OCH3 is 1. The zero-order chi connectivity index (χ0) is 25.1. The summed E-state index contributed by atoms with van der Waals surface area (Å²) in [4.78, 5) is 42.9. The summed E-state index contributed by atoms with van der Waals surface area (Å²) < 4.78 is 17.6. The van der Waals surface area contributed by atoms with Gasteiger partial charge >= 0.3 is 11.9 Å². The number of thiazole rings is 1. The van der Waals surface area contributed by atoms with Crippen molar-refractivity contribution >= 4 is 29.4 Å². The normalized spacial score (nSPS) is 15.3. The highest BCUT2D eigenvalue weighted by molar-refractivity contribution is 7.07. The predicted octanol–water partition coefficient (Wildman–Crippen LogP) is 2.73. The maximum atomic E-state index is 13.6. The fourth-order valence-electron chi connectivity index (χ4n) is 3.84. The van der Waals surface area contributed by atoms with Crippen LogP contribution in [-0.4, -0.2) is 30.2 Å². The van der Waals surface area contributed by atoms with Crippen LogP contribution in [0, 0.1) is 0 Å². The molecule has 1 atom stereocenters. The van der Waals surface area contributed by atoms with E-state index in [1.54, 1.807) is 51.3 Å². The van der Waals surface area contributed by atoms with E-state index in [-0.39, 0.29) is 17.7 Å². The van der Waals surface area contributed by atoms with Crippen LogP contribution in [-0.2, 0) is 14.3 Å². The summed E-state index contributed by atoms with van der Waals surface area (Å²) >= 11 is 1.25. The zero-order valence-corrected chi connectivity index (χ0v) is 20.5. The minimum atomic E-state index is -0.741. The molecule has 0 saturated heterocycles. The Bertz CT molecular complexity index is 1480. The van der Waals surface area contributed by atoms with Crippen molar-refractivity contribution in [2.75, 3.05) is 13.7 Å². The van der Waals surface area contributed by atoms with Gasteiger partial charge in [-0.2, -0.15) is 0 Å². The summed E-state index contributed by atoms with van der Waals surface area (Å²) in [5.41, 5.74) is 1.99. The van der Waals surface area contributed by atoms with Gasteiger partial charge in [0, 0.05) is 6.92 Å². The predicted molar refractivity (Wildman–Crippen MR) is 131 cm³/mol. The van der Waals surface area contributed by atoms with Gasteiger partial charge < -0.3 is 14.2 Å². The second-order valence-corrected chi connectivity index (χ2v) is 8.75. The van der Waals surface area contributed by atoms with E-state index in [1.807, 2.05) is 24.3 Å². The third-order valence-electron chi connectivity index (χ3n) is 5.39. The van der Waals surface area contributed by atoms with Gasteiger partial charge in [0.05, 0.1) is 35.6 Å². The third kappa shape index (κ3) is 4.95. The molecule has 3 aromatic rings. The lowest BCUT2D eigenvalue weighted by Crippen LogP contribution is -2.39. The molecule has 8 nitrogen and oxygen atoms in total. The maximum Gasteiger partial charge on any atom is 0.338 e. The van der Waals surface area contributed by atoms with Gasteiger partial charge in [-0.05, 0) is 55.3 Å². The van der Waals surface area contributed by atoms with E-state index in [9.17, 15) is 14.4 Å². The molecule has 1 aliphatic heterocycles. The first kappa shape index (κ1) is 24.2. The molecule has 1 aromatic heterocycles. The number of rotatable bonds is 6. The van der Waals surface area contributed by atoms with Crippen molar-refractivity contribution in [3.05, 3.63) is 90.6 Å². The average molecular weight is 493 g/mol. The first-order chi connectivity index (χ1) is 16.8. The van der Waals surface area contributed by atoms with Crippen LogP contribution in [0.15, 0.2) is 69.6 Å². The van der Waals surface area contributed by atoms with Crippen LogP contribution in [0.2, 0.25) is 0 Å². The van der Waals surface area contributed by atoms with Crippen LogP contribution in [0.3, 0.4) is 0 Å². The van der Waals surface area contributed by atoms with Gasteiger partial charge in [-0.1, -0.05) is 35.6 Å². The number of fused-ring (bicyclic) bond motifs is 1. The van der Waals surface area contributed by atoms with E-state index in [0.29, 0.717) is 26.3 Å². The van der Waals surface area contributed by atoms with Crippen molar-refractivity contribution in [3.63, 3.8) is 0 Å². The Morgan fingerprint density at radius 1 is 1.09 bits per heavy atom. The number of esters is 2. The lowest BCUT2D eigenvalue weighted by molar-refractivity contribution is -0.139. The minimum Gasteiger partial charge on any atom is -0.497 e. The quantitative estimate of drug-likeness (QED) is 0.388. The van der Waals surface area contributed by atoms with Gasteiger partial charge in [0.1, 0.15) is 11.5 Å². The molecular weight excluding hydrogens is 468 g/mol. The van der Waals surface area contributed by atoms with Crippen LogP contribution in [0.4, 0.5) is 0 Å². The standard InChI is InChI=1S/C26H24N2O6S/c1-5-33-25(31)22-15(2)27-26-28(23(22)18-8-12-20(13-9-18)34-16(3)29)24(30)21(35-26)14-17-6-10-19(32-4)11-7-17/h6-14,23H,5H2,1-4H3/b21-14+/t23-/m1/s1. The molecule has 35 heavy (non-hydrogen) atoms. The Labute approximate surface area is 205 Å². The number of aromatic nitrogens is 1. The number of carbonyl (C=O) groups is 2. The highest BCUT2D eigenvalue weighted by Gasteiger charge is 2.33. The van der Waals surface area contributed by atoms with Crippen LogP contribution in [0.25, 0.3) is 6.08 Å². The van der Waals surface area contributed by atoms with Crippen LogP contribution >= 0.6 is 11.3 Å². The molecule has 1 aliphatic rings. The number of carbonyl (C=O) groups excluding carboxylic acids is 2. The second-order valence-electron chi connectivity index (χ2n) is 7.74. The molecule has 4 rings (SSSR count). The van der Waals surface area contributed by atoms with Crippen molar-refractivity contribution in [2.45, 2.75) is 26.8 Å². The molecule has 0 bridgehead atoms. The van der Waals surface area contributed by atoms with Crippen molar-refractivity contribution in [1.82, 2.24) is 4.57 Å². The lowest BCUT2D eigenvalue weighted by Gasteiger charge is -2.24. The fraction of sp³-hybridized carbons (Fsp3) is 0.231. The Balaban J connectivity index is 1.88. The molecule has 0 amide bonds. The van der Waals surface area contributed by atoms with Gasteiger partial charge in [0.2, 0.25) is 0 Å². The van der Waals surface area contributed by atoms with Crippen molar-refractivity contribution in [2.24, 2.45) is 4.99 Å². The highest BCUT2D eigenvalue weighted by Crippen LogP contribution is 2.31. The lowest BCUT2D eigenvalue weighted by atomic mass is 9.96. The van der Waals surface area contributed by atoms with Crippen LogP contribution in [0.1, 0.15) is 37.9 Å². The van der Waals surface area contributed by atoms with E-state index >= 15 is 0 Å². The summed E-state index contributed by atoms with van der Waals surface area (Å²) in [6, 6.07) is 13.3. The minimum absolute atomic E-state index is 0.190. The molecule has 0 spiro atoms. The van der Waals surface area contributed by atoms with Gasteiger partial charge in [-0.3, -0.25) is 14.2 Å². The van der Waals surface area contributed by atoms with Crippen molar-refractivity contribution < 1.29 is 23.8 Å². The van der Waals surface area contributed by atoms with E-state index in [1.165, 1.54) is 22.8 Å². The van der Waals surface area contributed by atoms with Gasteiger partial charge in [0.15, 0.2) is 4.80 Å². The molecule has 180 valence electrons. The Morgan fingerprint density at radius 2 is 1.74 bits per heavy atom. The van der Waals surface area contributed by atoms with E-state index in [0.717, 1.165) is 11.3 Å². The number of benzene rings is 2. The number of ether oxygens (including phenoxy) is 3. The van der Waals surface area contributed by atoms with E-state index in [2.05, 4.69) is 4.99 Å². The molecule has 0 aliphatic carbocycles. The first-order valence-electron chi connectivity index (χ1n) is 10.9. The van der Waals surface area contributed by atoms with Crippen LogP contribution < -0.4 is 24.4 Å². The van der Waals surface area contributed by atoms with E-state index in [4.69, 9.17) is 14.2 Å². The number of nitrogens with zero attached hydrogens (tertiary/aromatic N) is 2. The van der Waals surface area contributed by atoms with Gasteiger partial charge in [-0.25, -0.2) is 9.79 Å². The number of hydrogen-bond donors (Lipinski definition) is 0. The molecular formula is C26H24N2O6S. The molecule has 2 aromatic carbocycles. The Hall–Kier alpha value is -3.98. The summed E-state index contributed by atoms with van der Waals surface area (Å²) in [7, 11) is 1.59. The Kier molecular flexibility index (Phi) is 6.97. The maximum absolute atomic E-state index is 13.6. The number of allylic oxidation sites excluding steroid dienone is 1.